The van der Waals surface area contributed by atoms with Crippen LogP contribution in [0, 0.1) is 0 Å². The van der Waals surface area contributed by atoms with Gasteiger partial charge >= 0.3 is 12.4 Å². The zero-order valence-corrected chi connectivity index (χ0v) is 17.0. The molecule has 0 saturated carbocycles. The molecule has 1 aromatic heterocycles. The quantitative estimate of drug-likeness (QED) is 0.533. The van der Waals surface area contributed by atoms with Crippen LogP contribution in [0.4, 0.5) is 26.3 Å². The van der Waals surface area contributed by atoms with Crippen LogP contribution in [0.1, 0.15) is 30.0 Å². The van der Waals surface area contributed by atoms with Gasteiger partial charge in [-0.1, -0.05) is 0 Å². The van der Waals surface area contributed by atoms with Gasteiger partial charge in [0.2, 0.25) is 0 Å². The van der Waals surface area contributed by atoms with Crippen molar-refractivity contribution in [2.75, 3.05) is 19.3 Å². The van der Waals surface area contributed by atoms with Crippen molar-refractivity contribution in [3.63, 3.8) is 0 Å². The van der Waals surface area contributed by atoms with E-state index in [-0.39, 0.29) is 27.8 Å². The van der Waals surface area contributed by atoms with E-state index in [4.69, 9.17) is 0 Å². The number of fused-ring (bicyclic) bond motifs is 3. The number of piperidine rings is 1. The topological polar surface area (TPSA) is 51.1 Å². The summed E-state index contributed by atoms with van der Waals surface area (Å²) in [7, 11) is -4.43. The molecule has 1 saturated heterocycles. The van der Waals surface area contributed by atoms with Gasteiger partial charge in [-0.3, -0.25) is 0 Å². The Bertz CT molecular complexity index is 1270. The minimum absolute atomic E-state index is 0.163. The zero-order chi connectivity index (χ0) is 22.8. The van der Waals surface area contributed by atoms with Crippen molar-refractivity contribution in [3.8, 4) is 0 Å². The molecule has 0 bridgehead atoms. The van der Waals surface area contributed by atoms with E-state index in [9.17, 15) is 34.8 Å². The molecule has 1 N–H and O–H groups in total. The molecule has 11 heteroatoms. The Morgan fingerprint density at radius 3 is 2.23 bits per heavy atom. The molecule has 2 heterocycles. The molecule has 0 aliphatic carbocycles. The smallest absolute Gasteiger partial charge is 0.336 e. The number of nitrogens with one attached hydrogen (secondary N) is 1. The highest BCUT2D eigenvalue weighted by Gasteiger charge is 2.39. The van der Waals surface area contributed by atoms with Crippen LogP contribution in [0.15, 0.2) is 35.2 Å². The van der Waals surface area contributed by atoms with E-state index in [2.05, 4.69) is 5.32 Å². The van der Waals surface area contributed by atoms with Gasteiger partial charge in [-0.15, -0.1) is 0 Å². The van der Waals surface area contributed by atoms with E-state index in [1.165, 1.54) is 6.07 Å². The van der Waals surface area contributed by atoms with Gasteiger partial charge in [0.05, 0.1) is 21.5 Å². The molecule has 1 atom stereocenters. The fourth-order valence-corrected chi connectivity index (χ4v) is 5.51. The van der Waals surface area contributed by atoms with E-state index in [1.807, 2.05) is 0 Å². The van der Waals surface area contributed by atoms with Crippen molar-refractivity contribution in [2.24, 2.45) is 0 Å². The molecule has 1 aliphatic heterocycles. The summed E-state index contributed by atoms with van der Waals surface area (Å²) in [6.45, 7) is 1.22. The van der Waals surface area contributed by atoms with E-state index in [0.29, 0.717) is 25.3 Å². The maximum absolute atomic E-state index is 13.7. The summed E-state index contributed by atoms with van der Waals surface area (Å²) in [4.78, 5) is -0.996. The molecule has 1 fully saturated rings. The monoisotopic (exact) mass is 464 g/mol. The molecular weight excluding hydrogens is 446 g/mol. The lowest BCUT2D eigenvalue weighted by molar-refractivity contribution is -0.140. The number of hydrogen-bond acceptors (Lipinski definition) is 3. The lowest BCUT2D eigenvalue weighted by atomic mass is 10.1. The first-order chi connectivity index (χ1) is 14.3. The predicted octanol–water partition coefficient (Wildman–Crippen LogP) is 5.16. The molecule has 4 nitrogen and oxygen atoms in total. The molecule has 168 valence electrons. The van der Waals surface area contributed by atoms with Crippen LogP contribution in [0.2, 0.25) is 0 Å². The van der Waals surface area contributed by atoms with Crippen molar-refractivity contribution in [2.45, 2.75) is 36.1 Å². The van der Waals surface area contributed by atoms with E-state index >= 15 is 0 Å². The molecule has 2 aromatic carbocycles. The lowest BCUT2D eigenvalue weighted by Gasteiger charge is -2.26. The number of sulfone groups is 1. The van der Waals surface area contributed by atoms with Crippen LogP contribution >= 0.6 is 0 Å². The van der Waals surface area contributed by atoms with Crippen LogP contribution < -0.4 is 5.32 Å². The number of benzene rings is 2. The number of alkyl halides is 6. The number of halogens is 6. The summed E-state index contributed by atoms with van der Waals surface area (Å²) in [5, 5.41) is 2.68. The third-order valence-electron chi connectivity index (χ3n) is 5.56. The standard InChI is InChI=1S/C20H18F6N2O2S/c1-31(29,30)18-14(20(24,25)26)5-7-16-17(18)13-9-11(19(21,22)23)4-6-15(13)28(16)12-3-2-8-27-10-12/h4-7,9,12,27H,2-3,8,10H2,1H3. The van der Waals surface area contributed by atoms with Crippen molar-refractivity contribution < 1.29 is 34.8 Å². The predicted molar refractivity (Wildman–Crippen MR) is 104 cm³/mol. The first-order valence-corrected chi connectivity index (χ1v) is 11.3. The minimum atomic E-state index is -4.99. The lowest BCUT2D eigenvalue weighted by Crippen LogP contribution is -2.31. The Balaban J connectivity index is 2.21. The molecule has 1 unspecified atom stereocenters. The average Bonchev–Trinajstić information content (AvgIpc) is 2.99. The summed E-state index contributed by atoms with van der Waals surface area (Å²) in [5.74, 6) is 0. The second-order valence-electron chi connectivity index (χ2n) is 7.71. The largest absolute Gasteiger partial charge is 0.417 e. The summed E-state index contributed by atoms with van der Waals surface area (Å²) in [5.41, 5.74) is -2.02. The normalized spacial score (nSPS) is 18.7. The van der Waals surface area contributed by atoms with Gasteiger partial charge in [0.15, 0.2) is 9.84 Å². The Labute approximate surface area is 173 Å². The Hall–Kier alpha value is -2.27. The molecular formula is C20H18F6N2O2S. The Kier molecular flexibility index (Phi) is 5.04. The van der Waals surface area contributed by atoms with Crippen molar-refractivity contribution in [1.29, 1.82) is 0 Å². The van der Waals surface area contributed by atoms with Gasteiger partial charge in [0.25, 0.3) is 0 Å². The van der Waals surface area contributed by atoms with Gasteiger partial charge < -0.3 is 9.88 Å². The Morgan fingerprint density at radius 1 is 1.00 bits per heavy atom. The van der Waals surface area contributed by atoms with E-state index in [0.717, 1.165) is 31.2 Å². The van der Waals surface area contributed by atoms with Crippen LogP contribution in [-0.4, -0.2) is 32.3 Å². The van der Waals surface area contributed by atoms with E-state index in [1.54, 1.807) is 4.57 Å². The average molecular weight is 464 g/mol. The van der Waals surface area contributed by atoms with Crippen LogP contribution in [0.25, 0.3) is 21.8 Å². The maximum atomic E-state index is 13.7. The van der Waals surface area contributed by atoms with Gasteiger partial charge in [-0.25, -0.2) is 8.42 Å². The fraction of sp³-hybridized carbons (Fsp3) is 0.400. The molecule has 0 spiro atoms. The first-order valence-electron chi connectivity index (χ1n) is 9.46. The van der Waals surface area contributed by atoms with Crippen molar-refractivity contribution in [1.82, 2.24) is 9.88 Å². The van der Waals surface area contributed by atoms with Crippen LogP contribution in [-0.2, 0) is 22.2 Å². The molecule has 31 heavy (non-hydrogen) atoms. The second kappa shape index (κ2) is 7.13. The maximum Gasteiger partial charge on any atom is 0.417 e. The third kappa shape index (κ3) is 3.78. The molecule has 0 radical (unpaired) electrons. The molecule has 3 aromatic rings. The summed E-state index contributed by atoms with van der Waals surface area (Å²) in [6, 6.07) is 4.39. The summed E-state index contributed by atoms with van der Waals surface area (Å²) < 4.78 is 108. The highest BCUT2D eigenvalue weighted by atomic mass is 32.2. The van der Waals surface area contributed by atoms with Gasteiger partial charge in [-0.05, 0) is 49.7 Å². The van der Waals surface area contributed by atoms with E-state index < -0.39 is 38.2 Å². The number of hydrogen-bond donors (Lipinski definition) is 1. The fourth-order valence-electron chi connectivity index (χ4n) is 4.34. The summed E-state index contributed by atoms with van der Waals surface area (Å²) >= 11 is 0. The zero-order valence-electron chi connectivity index (χ0n) is 16.2. The first kappa shape index (κ1) is 21.9. The summed E-state index contributed by atoms with van der Waals surface area (Å²) in [6.07, 6.45) is -7.67. The number of rotatable bonds is 2. The molecule has 0 amide bonds. The third-order valence-corrected chi connectivity index (χ3v) is 6.73. The Morgan fingerprint density at radius 2 is 1.68 bits per heavy atom. The number of aromatic nitrogens is 1. The van der Waals surface area contributed by atoms with Gasteiger partial charge in [0, 0.05) is 35.1 Å². The van der Waals surface area contributed by atoms with Crippen LogP contribution in [0.3, 0.4) is 0 Å². The van der Waals surface area contributed by atoms with Crippen molar-refractivity contribution in [3.05, 3.63) is 41.5 Å². The second-order valence-corrected chi connectivity index (χ2v) is 9.66. The van der Waals surface area contributed by atoms with Crippen LogP contribution in [0.5, 0.6) is 0 Å². The van der Waals surface area contributed by atoms with Gasteiger partial charge in [-0.2, -0.15) is 26.3 Å². The molecule has 4 rings (SSSR count). The van der Waals surface area contributed by atoms with Crippen molar-refractivity contribution >= 4 is 31.6 Å². The molecule has 1 aliphatic rings. The highest BCUT2D eigenvalue weighted by Crippen LogP contribution is 2.44. The number of nitrogens with zero attached hydrogens (tertiary/aromatic N) is 1. The minimum Gasteiger partial charge on any atom is -0.336 e. The highest BCUT2D eigenvalue weighted by molar-refractivity contribution is 7.91. The van der Waals surface area contributed by atoms with Gasteiger partial charge in [0.1, 0.15) is 0 Å². The SMILES string of the molecule is CS(=O)(=O)c1c(C(F)(F)F)ccc2c1c1cc(C(F)(F)F)ccc1n2C1CCCNC1.